The van der Waals surface area contributed by atoms with E-state index in [1.54, 1.807) is 40.1 Å². The van der Waals surface area contributed by atoms with E-state index < -0.39 is 17.2 Å². The van der Waals surface area contributed by atoms with Crippen LogP contribution in [0.4, 0.5) is 4.79 Å². The minimum Gasteiger partial charge on any atom is -0.453 e. The summed E-state index contributed by atoms with van der Waals surface area (Å²) in [4.78, 5) is 30.1. The number of carbonyl (C=O) groups is 2. The van der Waals surface area contributed by atoms with E-state index in [1.807, 2.05) is 13.8 Å². The lowest BCUT2D eigenvalue weighted by Crippen LogP contribution is -2.62. The van der Waals surface area contributed by atoms with E-state index in [-0.39, 0.29) is 23.8 Å². The third kappa shape index (κ3) is 4.45. The molecule has 2 unspecified atom stereocenters. The summed E-state index contributed by atoms with van der Waals surface area (Å²) in [6, 6.07) is 1.81. The largest absolute Gasteiger partial charge is 0.453 e. The summed E-state index contributed by atoms with van der Waals surface area (Å²) in [5, 5.41) is 24.3. The molecule has 2 amide bonds. The predicted molar refractivity (Wildman–Crippen MR) is 126 cm³/mol. The number of nitrogens with one attached hydrogen (secondary N) is 2. The summed E-state index contributed by atoms with van der Waals surface area (Å²) in [5.74, 6) is 1.40. The second-order valence-electron chi connectivity index (χ2n) is 10.7. The average Bonchev–Trinajstić information content (AvgIpc) is 3.49. The van der Waals surface area contributed by atoms with Crippen LogP contribution in [0.3, 0.4) is 0 Å². The van der Waals surface area contributed by atoms with E-state index >= 15 is 0 Å². The molecule has 11 heteroatoms. The van der Waals surface area contributed by atoms with Crippen LogP contribution in [0.25, 0.3) is 12.0 Å². The fourth-order valence-electron chi connectivity index (χ4n) is 6.39. The fourth-order valence-corrected chi connectivity index (χ4v) is 6.39. The number of ether oxygens (including phenoxy) is 1. The van der Waals surface area contributed by atoms with Crippen LogP contribution in [0, 0.1) is 17.8 Å². The molecule has 4 fully saturated rings. The van der Waals surface area contributed by atoms with Crippen molar-refractivity contribution in [2.75, 3.05) is 7.11 Å². The highest BCUT2D eigenvalue weighted by atomic mass is 17.1. The fraction of sp³-hybridized carbons (Fsp3) is 0.583. The topological polar surface area (TPSA) is 133 Å². The quantitative estimate of drug-likeness (QED) is 0.407. The van der Waals surface area contributed by atoms with Gasteiger partial charge in [0.15, 0.2) is 5.82 Å². The maximum atomic E-state index is 13.5. The van der Waals surface area contributed by atoms with E-state index in [0.717, 1.165) is 32.1 Å². The molecule has 0 radical (unpaired) electrons. The number of amides is 2. The van der Waals surface area contributed by atoms with Crippen molar-refractivity contribution in [2.24, 2.45) is 17.8 Å². The summed E-state index contributed by atoms with van der Waals surface area (Å²) in [5.41, 5.74) is -0.758. The molecule has 4 aliphatic rings. The Hall–Kier alpha value is -3.18. The van der Waals surface area contributed by atoms with Gasteiger partial charge in [-0.05, 0) is 75.8 Å². The number of hydrogen-bond acceptors (Lipinski definition) is 7. The highest BCUT2D eigenvalue weighted by Crippen LogP contribution is 2.57. The Kier molecular flexibility index (Phi) is 5.92. The molecule has 4 aliphatic carbocycles. The van der Waals surface area contributed by atoms with E-state index in [2.05, 4.69) is 25.6 Å². The summed E-state index contributed by atoms with van der Waals surface area (Å²) >= 11 is 0. The molecule has 4 bridgehead atoms. The van der Waals surface area contributed by atoms with Crippen LogP contribution in [0.1, 0.15) is 56.3 Å². The molecular weight excluding hydrogens is 452 g/mol. The Morgan fingerprint density at radius 2 is 1.97 bits per heavy atom. The molecule has 188 valence electrons. The van der Waals surface area contributed by atoms with Crippen molar-refractivity contribution in [3.63, 3.8) is 0 Å². The maximum absolute atomic E-state index is 13.5. The van der Waals surface area contributed by atoms with Crippen molar-refractivity contribution in [2.45, 2.75) is 63.1 Å². The first kappa shape index (κ1) is 23.6. The van der Waals surface area contributed by atoms with Crippen LogP contribution in [0.5, 0.6) is 0 Å². The van der Waals surface area contributed by atoms with Crippen LogP contribution >= 0.6 is 0 Å². The Bertz CT molecular complexity index is 1110. The molecule has 6 rings (SSSR count). The van der Waals surface area contributed by atoms with Crippen molar-refractivity contribution < 1.29 is 24.5 Å². The van der Waals surface area contributed by atoms with Crippen LogP contribution in [0.15, 0.2) is 30.7 Å². The SMILES string of the molecule is COC(=O)NC(C)(C)/C=C/n1ncc(C(=O)NC2C3CC4CC2CC(OO)(C4)C3)c1-n1cccn1. The average molecular weight is 485 g/mol. The standard InChI is InChI=1S/C24H32N6O5/c1-23(2,28-22(32)34-3)5-8-30-21(29-7-4-6-25-29)18(14-26-30)20(31)27-19-16-9-15-10-17(19)13-24(11-15,12-16)35-33/h4-8,14-17,19,33H,9-13H2,1-3H3,(H,27,31)(H,28,32)/b8-5+. The lowest BCUT2D eigenvalue weighted by atomic mass is 9.52. The minimum absolute atomic E-state index is 0.0369. The number of nitrogens with zero attached hydrogens (tertiary/aromatic N) is 4. The first-order chi connectivity index (χ1) is 16.7. The van der Waals surface area contributed by atoms with Crippen LogP contribution in [0.2, 0.25) is 0 Å². The monoisotopic (exact) mass is 484 g/mol. The Labute approximate surface area is 203 Å². The smallest absolute Gasteiger partial charge is 0.407 e. The molecule has 35 heavy (non-hydrogen) atoms. The van der Waals surface area contributed by atoms with Crippen LogP contribution < -0.4 is 10.6 Å². The van der Waals surface area contributed by atoms with E-state index in [4.69, 9.17) is 4.89 Å². The molecule has 2 atom stereocenters. The van der Waals surface area contributed by atoms with E-state index in [1.165, 1.54) is 13.3 Å². The van der Waals surface area contributed by atoms with Gasteiger partial charge in [-0.25, -0.2) is 19.0 Å². The zero-order valence-electron chi connectivity index (χ0n) is 20.2. The zero-order chi connectivity index (χ0) is 24.8. The normalized spacial score (nSPS) is 29.5. The Balaban J connectivity index is 1.39. The van der Waals surface area contributed by atoms with E-state index in [0.29, 0.717) is 17.3 Å². The van der Waals surface area contributed by atoms with Gasteiger partial charge in [-0.3, -0.25) is 10.1 Å². The lowest BCUT2D eigenvalue weighted by molar-refractivity contribution is -0.357. The molecule has 0 saturated heterocycles. The summed E-state index contributed by atoms with van der Waals surface area (Å²) in [6.07, 6.45) is 12.3. The van der Waals surface area contributed by atoms with Gasteiger partial charge in [-0.15, -0.1) is 0 Å². The van der Waals surface area contributed by atoms with Crippen molar-refractivity contribution in [3.05, 3.63) is 36.3 Å². The number of hydrogen-bond donors (Lipinski definition) is 3. The first-order valence-electron chi connectivity index (χ1n) is 12.0. The highest BCUT2D eigenvalue weighted by molar-refractivity contribution is 5.97. The molecule has 3 N–H and O–H groups in total. The second kappa shape index (κ2) is 8.80. The van der Waals surface area contributed by atoms with Crippen molar-refractivity contribution >= 4 is 18.2 Å². The molecule has 2 heterocycles. The Morgan fingerprint density at radius 3 is 2.60 bits per heavy atom. The molecule has 0 aromatic carbocycles. The predicted octanol–water partition coefficient (Wildman–Crippen LogP) is 2.84. The van der Waals surface area contributed by atoms with Crippen molar-refractivity contribution in [3.8, 4) is 5.82 Å². The molecular formula is C24H32N6O5. The Morgan fingerprint density at radius 1 is 1.23 bits per heavy atom. The molecule has 2 aromatic heterocycles. The highest BCUT2D eigenvalue weighted by Gasteiger charge is 2.57. The van der Waals surface area contributed by atoms with Gasteiger partial charge in [-0.1, -0.05) is 0 Å². The van der Waals surface area contributed by atoms with Crippen molar-refractivity contribution in [1.82, 2.24) is 30.2 Å². The van der Waals surface area contributed by atoms with Gasteiger partial charge in [0.05, 0.1) is 18.8 Å². The van der Waals surface area contributed by atoms with Crippen molar-refractivity contribution in [1.29, 1.82) is 0 Å². The third-order valence-corrected chi connectivity index (χ3v) is 7.69. The minimum atomic E-state index is -0.714. The van der Waals surface area contributed by atoms with E-state index in [9.17, 15) is 14.8 Å². The van der Waals surface area contributed by atoms with Gasteiger partial charge < -0.3 is 15.4 Å². The number of methoxy groups -OCH3 is 1. The van der Waals surface area contributed by atoms with Crippen LogP contribution in [-0.2, 0) is 9.62 Å². The first-order valence-corrected chi connectivity index (χ1v) is 12.0. The van der Waals surface area contributed by atoms with Gasteiger partial charge in [0.2, 0.25) is 0 Å². The molecule has 11 nitrogen and oxygen atoms in total. The summed E-state index contributed by atoms with van der Waals surface area (Å²) in [6.45, 7) is 3.64. The molecule has 0 spiro atoms. The van der Waals surface area contributed by atoms with Gasteiger partial charge in [0.1, 0.15) is 11.2 Å². The molecule has 0 aliphatic heterocycles. The summed E-state index contributed by atoms with van der Waals surface area (Å²) < 4.78 is 7.85. The maximum Gasteiger partial charge on any atom is 0.407 e. The van der Waals surface area contributed by atoms with Crippen LogP contribution in [-0.4, -0.2) is 61.1 Å². The van der Waals surface area contributed by atoms with Gasteiger partial charge >= 0.3 is 6.09 Å². The summed E-state index contributed by atoms with van der Waals surface area (Å²) in [7, 11) is 1.31. The number of aromatic nitrogens is 4. The molecule has 2 aromatic rings. The van der Waals surface area contributed by atoms with Gasteiger partial charge in [-0.2, -0.15) is 10.2 Å². The molecule has 4 saturated carbocycles. The third-order valence-electron chi connectivity index (χ3n) is 7.69. The van der Waals surface area contributed by atoms with Gasteiger partial charge in [0.25, 0.3) is 5.91 Å². The van der Waals surface area contributed by atoms with Gasteiger partial charge in [0, 0.05) is 24.6 Å². The number of carbonyl (C=O) groups excluding carboxylic acids is 2. The number of alkyl carbamates (subject to hydrolysis) is 1. The number of rotatable bonds is 7. The zero-order valence-corrected chi connectivity index (χ0v) is 20.2. The second-order valence-corrected chi connectivity index (χ2v) is 10.7. The lowest BCUT2D eigenvalue weighted by Gasteiger charge is -2.58.